The Morgan fingerprint density at radius 2 is 2.08 bits per heavy atom. The highest BCUT2D eigenvalue weighted by molar-refractivity contribution is 5.95. The zero-order chi connectivity index (χ0) is 17.3. The van der Waals surface area contributed by atoms with Gasteiger partial charge >= 0.3 is 0 Å². The highest BCUT2D eigenvalue weighted by Crippen LogP contribution is 2.34. The fourth-order valence-corrected chi connectivity index (χ4v) is 2.69. The van der Waals surface area contributed by atoms with Crippen molar-refractivity contribution in [2.24, 2.45) is 5.73 Å². The van der Waals surface area contributed by atoms with Gasteiger partial charge in [-0.25, -0.2) is 0 Å². The first-order valence-corrected chi connectivity index (χ1v) is 7.29. The summed E-state index contributed by atoms with van der Waals surface area (Å²) in [5.74, 6) is -0.152. The third-order valence-corrected chi connectivity index (χ3v) is 3.92. The molecule has 2 aromatic heterocycles. The molecule has 0 bridgehead atoms. The zero-order valence-corrected chi connectivity index (χ0v) is 12.8. The molecule has 122 valence electrons. The fourth-order valence-electron chi connectivity index (χ4n) is 2.69. The maximum atomic E-state index is 11.5. The van der Waals surface area contributed by atoms with E-state index in [4.69, 9.17) is 5.73 Å². The molecule has 0 aliphatic rings. The molecule has 3 aromatic rings. The largest absolute Gasteiger partial charge is 0.511 e. The summed E-state index contributed by atoms with van der Waals surface area (Å²) in [6.45, 7) is 3.41. The van der Waals surface area contributed by atoms with Gasteiger partial charge in [-0.1, -0.05) is 6.58 Å². The van der Waals surface area contributed by atoms with Gasteiger partial charge in [-0.2, -0.15) is 0 Å². The van der Waals surface area contributed by atoms with Crippen LogP contribution in [0.1, 0.15) is 5.56 Å². The maximum Gasteiger partial charge on any atom is 0.279 e. The van der Waals surface area contributed by atoms with Crippen LogP contribution in [0.4, 0.5) is 5.69 Å². The Morgan fingerprint density at radius 3 is 2.71 bits per heavy atom. The molecule has 4 N–H and O–H groups in total. The summed E-state index contributed by atoms with van der Waals surface area (Å²) in [7, 11) is 0. The molecule has 7 heteroatoms. The fraction of sp³-hybridized carbons (Fsp3) is 0.118. The second-order valence-corrected chi connectivity index (χ2v) is 5.53. The Hall–Kier alpha value is -3.19. The van der Waals surface area contributed by atoms with Crippen LogP contribution in [0.25, 0.3) is 22.0 Å². The van der Waals surface area contributed by atoms with E-state index in [0.29, 0.717) is 16.5 Å². The van der Waals surface area contributed by atoms with Gasteiger partial charge in [0.2, 0.25) is 0 Å². The van der Waals surface area contributed by atoms with Crippen LogP contribution in [-0.2, 0) is 6.42 Å². The zero-order valence-electron chi connectivity index (χ0n) is 12.8. The number of non-ortho nitro benzene ring substituents is 1. The first-order valence-electron chi connectivity index (χ1n) is 7.29. The number of fused-ring (bicyclic) bond motifs is 1. The number of benzene rings is 1. The van der Waals surface area contributed by atoms with Crippen molar-refractivity contribution in [3.63, 3.8) is 0 Å². The molecule has 1 unspecified atom stereocenters. The number of aromatic nitrogens is 2. The van der Waals surface area contributed by atoms with Gasteiger partial charge in [0.05, 0.1) is 21.9 Å². The van der Waals surface area contributed by atoms with Crippen molar-refractivity contribution in [3.05, 3.63) is 70.9 Å². The van der Waals surface area contributed by atoms with E-state index in [9.17, 15) is 15.2 Å². The number of nitro groups is 1. The third-order valence-electron chi connectivity index (χ3n) is 3.92. The van der Waals surface area contributed by atoms with Gasteiger partial charge in [-0.3, -0.25) is 15.1 Å². The average Bonchev–Trinajstić information content (AvgIpc) is 2.97. The molecule has 0 aliphatic carbocycles. The molecule has 0 fully saturated rings. The second-order valence-electron chi connectivity index (χ2n) is 5.53. The minimum Gasteiger partial charge on any atom is -0.511 e. The molecule has 1 aromatic carbocycles. The summed E-state index contributed by atoms with van der Waals surface area (Å²) in [5.41, 5.74) is 8.67. The van der Waals surface area contributed by atoms with Crippen molar-refractivity contribution in [2.75, 3.05) is 0 Å². The number of H-pyrrole nitrogens is 1. The predicted octanol–water partition coefficient (Wildman–Crippen LogP) is 3.08. The Bertz CT molecular complexity index is 918. The molecule has 3 rings (SSSR count). The van der Waals surface area contributed by atoms with Crippen LogP contribution < -0.4 is 5.73 Å². The molecule has 24 heavy (non-hydrogen) atoms. The minimum absolute atomic E-state index is 0.00804. The van der Waals surface area contributed by atoms with Crippen molar-refractivity contribution in [1.82, 2.24) is 9.97 Å². The monoisotopic (exact) mass is 324 g/mol. The smallest absolute Gasteiger partial charge is 0.279 e. The highest BCUT2D eigenvalue weighted by Gasteiger charge is 2.21. The number of rotatable bonds is 5. The van der Waals surface area contributed by atoms with E-state index in [1.807, 2.05) is 6.07 Å². The van der Waals surface area contributed by atoms with Crippen LogP contribution in [0.5, 0.6) is 0 Å². The number of aromatic amines is 1. The number of aliphatic hydroxyl groups is 1. The molecule has 7 nitrogen and oxygen atoms in total. The molecular formula is C17H16N4O3. The molecule has 1 atom stereocenters. The number of aliphatic hydroxyl groups excluding tert-OH is 1. The third kappa shape index (κ3) is 2.84. The van der Waals surface area contributed by atoms with E-state index in [0.717, 1.165) is 11.1 Å². The van der Waals surface area contributed by atoms with E-state index in [-0.39, 0.29) is 17.9 Å². The standard InChI is InChI=1S/C17H16N4O3/c1-10(22)14(18)6-13-9-20-15-7-12(11-2-4-19-5-3-11)8-16(17(13)15)21(23)24/h2-5,7-9,14,20,22H,1,6,18H2. The lowest BCUT2D eigenvalue weighted by Gasteiger charge is -2.09. The summed E-state index contributed by atoms with van der Waals surface area (Å²) in [5, 5.41) is 21.4. The van der Waals surface area contributed by atoms with Crippen LogP contribution in [-0.4, -0.2) is 26.0 Å². The lowest BCUT2D eigenvalue weighted by Crippen LogP contribution is -2.24. The van der Waals surface area contributed by atoms with Crippen molar-refractivity contribution < 1.29 is 10.0 Å². The van der Waals surface area contributed by atoms with E-state index in [1.54, 1.807) is 30.7 Å². The molecule has 0 radical (unpaired) electrons. The first kappa shape index (κ1) is 15.7. The molecule has 0 spiro atoms. The lowest BCUT2D eigenvalue weighted by molar-refractivity contribution is -0.383. The Balaban J connectivity index is 2.16. The van der Waals surface area contributed by atoms with Gasteiger partial charge in [0.15, 0.2) is 0 Å². The maximum absolute atomic E-state index is 11.5. The highest BCUT2D eigenvalue weighted by atomic mass is 16.6. The Labute approximate surface area is 137 Å². The number of nitrogens with one attached hydrogen (secondary N) is 1. The molecular weight excluding hydrogens is 308 g/mol. The van der Waals surface area contributed by atoms with E-state index in [2.05, 4.69) is 16.5 Å². The number of nitro benzene ring substituents is 1. The number of nitrogens with two attached hydrogens (primary N) is 1. The van der Waals surface area contributed by atoms with Crippen LogP contribution in [0.2, 0.25) is 0 Å². The first-order chi connectivity index (χ1) is 11.5. The van der Waals surface area contributed by atoms with Gasteiger partial charge in [0.1, 0.15) is 5.76 Å². The second kappa shape index (κ2) is 6.13. The molecule has 2 heterocycles. The normalized spacial score (nSPS) is 12.2. The van der Waals surface area contributed by atoms with Crippen molar-refractivity contribution in [2.45, 2.75) is 12.5 Å². The van der Waals surface area contributed by atoms with Crippen LogP contribution in [0, 0.1) is 10.1 Å². The summed E-state index contributed by atoms with van der Waals surface area (Å²) in [6, 6.07) is 6.29. The van der Waals surface area contributed by atoms with Crippen molar-refractivity contribution in [1.29, 1.82) is 0 Å². The Kier molecular flexibility index (Phi) is 4.01. The van der Waals surface area contributed by atoms with Gasteiger partial charge in [0, 0.05) is 24.7 Å². The lowest BCUT2D eigenvalue weighted by atomic mass is 9.99. The van der Waals surface area contributed by atoms with Crippen LogP contribution in [0.3, 0.4) is 0 Å². The quantitative estimate of drug-likeness (QED) is 0.378. The topological polar surface area (TPSA) is 118 Å². The van der Waals surface area contributed by atoms with E-state index >= 15 is 0 Å². The molecule has 0 saturated carbocycles. The van der Waals surface area contributed by atoms with Crippen LogP contribution >= 0.6 is 0 Å². The summed E-state index contributed by atoms with van der Waals surface area (Å²) < 4.78 is 0. The summed E-state index contributed by atoms with van der Waals surface area (Å²) in [6.07, 6.45) is 5.20. The Morgan fingerprint density at radius 1 is 1.38 bits per heavy atom. The SMILES string of the molecule is C=C(O)C(N)Cc1c[nH]c2cc(-c3ccncc3)cc([N+](=O)[O-])c12. The van der Waals surface area contributed by atoms with E-state index in [1.165, 1.54) is 6.07 Å². The molecule has 0 saturated heterocycles. The van der Waals surface area contributed by atoms with Gasteiger partial charge < -0.3 is 15.8 Å². The predicted molar refractivity (Wildman–Crippen MR) is 91.6 cm³/mol. The number of hydrogen-bond acceptors (Lipinski definition) is 5. The van der Waals surface area contributed by atoms with Crippen molar-refractivity contribution in [3.8, 4) is 11.1 Å². The number of nitrogens with zero attached hydrogens (tertiary/aromatic N) is 2. The minimum atomic E-state index is -0.677. The molecule has 0 amide bonds. The number of pyridine rings is 1. The summed E-state index contributed by atoms with van der Waals surface area (Å²) >= 11 is 0. The average molecular weight is 324 g/mol. The number of hydrogen-bond donors (Lipinski definition) is 3. The van der Waals surface area contributed by atoms with Crippen molar-refractivity contribution >= 4 is 16.6 Å². The van der Waals surface area contributed by atoms with Gasteiger partial charge in [-0.15, -0.1) is 0 Å². The van der Waals surface area contributed by atoms with Crippen LogP contribution in [0.15, 0.2) is 55.2 Å². The van der Waals surface area contributed by atoms with Gasteiger partial charge in [0.25, 0.3) is 5.69 Å². The molecule has 0 aliphatic heterocycles. The van der Waals surface area contributed by atoms with Gasteiger partial charge in [-0.05, 0) is 41.3 Å². The van der Waals surface area contributed by atoms with E-state index < -0.39 is 11.0 Å². The summed E-state index contributed by atoms with van der Waals surface area (Å²) in [4.78, 5) is 18.1.